The van der Waals surface area contributed by atoms with Crippen molar-refractivity contribution >= 4 is 5.57 Å². The molecule has 21 heavy (non-hydrogen) atoms. The van der Waals surface area contributed by atoms with E-state index in [9.17, 15) is 0 Å². The highest BCUT2D eigenvalue weighted by Crippen LogP contribution is 2.36. The van der Waals surface area contributed by atoms with Crippen LogP contribution in [0.5, 0.6) is 0 Å². The topological polar surface area (TPSA) is 50.8 Å². The first kappa shape index (κ1) is 13.8. The van der Waals surface area contributed by atoms with Crippen molar-refractivity contribution in [1.82, 2.24) is 15.2 Å². The van der Waals surface area contributed by atoms with Gasteiger partial charge in [-0.15, -0.1) is 0 Å². The van der Waals surface area contributed by atoms with Crippen LogP contribution < -0.4 is 0 Å². The van der Waals surface area contributed by atoms with E-state index >= 15 is 0 Å². The number of hydrogen-bond acceptors (Lipinski definition) is 3. The number of aromatic amines is 1. The van der Waals surface area contributed by atoms with Gasteiger partial charge in [0, 0.05) is 37.2 Å². The SMILES string of the molecule is COC1(C)C=CC=C(c2n[nH]c(C)c2-c2ccncc2)C1. The van der Waals surface area contributed by atoms with E-state index in [0.29, 0.717) is 0 Å². The number of aryl methyl sites for hydroxylation is 1. The molecule has 1 aliphatic rings. The summed E-state index contributed by atoms with van der Waals surface area (Å²) in [5.41, 5.74) is 5.22. The molecule has 4 nitrogen and oxygen atoms in total. The minimum Gasteiger partial charge on any atom is -0.374 e. The summed E-state index contributed by atoms with van der Waals surface area (Å²) >= 11 is 0. The molecule has 1 aliphatic carbocycles. The van der Waals surface area contributed by atoms with Crippen molar-refractivity contribution in [2.24, 2.45) is 0 Å². The van der Waals surface area contributed by atoms with Crippen LogP contribution in [-0.2, 0) is 4.74 Å². The molecule has 0 amide bonds. The van der Waals surface area contributed by atoms with Gasteiger partial charge >= 0.3 is 0 Å². The predicted molar refractivity (Wildman–Crippen MR) is 83.7 cm³/mol. The Bertz CT molecular complexity index is 700. The average Bonchev–Trinajstić information content (AvgIpc) is 2.90. The number of nitrogens with zero attached hydrogens (tertiary/aromatic N) is 2. The second kappa shape index (κ2) is 5.30. The number of allylic oxidation sites excluding steroid dienone is 2. The molecule has 2 heterocycles. The highest BCUT2D eigenvalue weighted by Gasteiger charge is 2.27. The van der Waals surface area contributed by atoms with Gasteiger partial charge in [-0.3, -0.25) is 10.1 Å². The van der Waals surface area contributed by atoms with E-state index in [2.05, 4.69) is 34.3 Å². The van der Waals surface area contributed by atoms with E-state index in [1.807, 2.05) is 25.1 Å². The zero-order chi connectivity index (χ0) is 14.9. The third kappa shape index (κ3) is 2.54. The molecule has 3 rings (SSSR count). The van der Waals surface area contributed by atoms with Crippen molar-refractivity contribution in [1.29, 1.82) is 0 Å². The Balaban J connectivity index is 2.06. The second-order valence-electron chi connectivity index (χ2n) is 5.55. The summed E-state index contributed by atoms with van der Waals surface area (Å²) in [4.78, 5) is 4.09. The van der Waals surface area contributed by atoms with Gasteiger partial charge in [-0.05, 0) is 37.1 Å². The predicted octanol–water partition coefficient (Wildman–Crippen LogP) is 3.53. The number of hydrogen-bond donors (Lipinski definition) is 1. The Morgan fingerprint density at radius 1 is 1.29 bits per heavy atom. The molecular weight excluding hydrogens is 262 g/mol. The maximum absolute atomic E-state index is 5.61. The highest BCUT2D eigenvalue weighted by molar-refractivity contribution is 5.82. The molecule has 4 heteroatoms. The standard InChI is InChI=1S/C17H19N3O/c1-12-15(13-6-9-18-10-7-13)16(20-19-12)14-5-4-8-17(2,11-14)21-3/h4-10H,11H2,1-3H3,(H,19,20). The van der Waals surface area contributed by atoms with Crippen molar-refractivity contribution in [3.63, 3.8) is 0 Å². The van der Waals surface area contributed by atoms with Crippen LogP contribution in [0.1, 0.15) is 24.7 Å². The summed E-state index contributed by atoms with van der Waals surface area (Å²) in [7, 11) is 1.74. The first-order chi connectivity index (χ1) is 10.1. The van der Waals surface area contributed by atoms with Gasteiger partial charge in [0.1, 0.15) is 0 Å². The number of rotatable bonds is 3. The lowest BCUT2D eigenvalue weighted by Gasteiger charge is -2.28. The number of ether oxygens (including phenoxy) is 1. The van der Waals surface area contributed by atoms with Crippen LogP contribution in [0.15, 0.2) is 42.8 Å². The molecule has 2 aromatic heterocycles. The van der Waals surface area contributed by atoms with Crippen LogP contribution >= 0.6 is 0 Å². The van der Waals surface area contributed by atoms with Gasteiger partial charge in [-0.1, -0.05) is 18.2 Å². The molecule has 0 aliphatic heterocycles. The Hall–Kier alpha value is -2.20. The average molecular weight is 281 g/mol. The maximum Gasteiger partial charge on any atom is 0.0962 e. The van der Waals surface area contributed by atoms with E-state index < -0.39 is 0 Å². The van der Waals surface area contributed by atoms with Crippen LogP contribution in [0.3, 0.4) is 0 Å². The fourth-order valence-electron chi connectivity index (χ4n) is 2.70. The van der Waals surface area contributed by atoms with Crippen molar-refractivity contribution < 1.29 is 4.74 Å². The number of aromatic nitrogens is 3. The molecular formula is C17H19N3O. The van der Waals surface area contributed by atoms with Gasteiger partial charge in [0.15, 0.2) is 0 Å². The summed E-state index contributed by atoms with van der Waals surface area (Å²) < 4.78 is 5.61. The molecule has 0 saturated carbocycles. The van der Waals surface area contributed by atoms with Gasteiger partial charge in [0.05, 0.1) is 11.3 Å². The summed E-state index contributed by atoms with van der Waals surface area (Å²) in [6.45, 7) is 4.13. The third-order valence-electron chi connectivity index (χ3n) is 3.97. The molecule has 0 aromatic carbocycles. The quantitative estimate of drug-likeness (QED) is 0.936. The summed E-state index contributed by atoms with van der Waals surface area (Å²) in [5.74, 6) is 0. The van der Waals surface area contributed by atoms with E-state index in [1.54, 1.807) is 19.5 Å². The normalized spacial score (nSPS) is 21.4. The fourth-order valence-corrected chi connectivity index (χ4v) is 2.70. The first-order valence-corrected chi connectivity index (χ1v) is 7.02. The number of H-pyrrole nitrogens is 1. The zero-order valence-electron chi connectivity index (χ0n) is 12.6. The fraction of sp³-hybridized carbons (Fsp3) is 0.294. The third-order valence-corrected chi connectivity index (χ3v) is 3.97. The van der Waals surface area contributed by atoms with Crippen LogP contribution in [-0.4, -0.2) is 27.9 Å². The molecule has 0 bridgehead atoms. The molecule has 0 radical (unpaired) electrons. The molecule has 0 fully saturated rings. The van der Waals surface area contributed by atoms with Crippen LogP contribution in [0, 0.1) is 6.92 Å². The van der Waals surface area contributed by atoms with Gasteiger partial charge in [-0.2, -0.15) is 5.10 Å². The lowest BCUT2D eigenvalue weighted by atomic mass is 9.87. The van der Waals surface area contributed by atoms with Gasteiger partial charge in [0.25, 0.3) is 0 Å². The summed E-state index contributed by atoms with van der Waals surface area (Å²) in [6, 6.07) is 4.02. The largest absolute Gasteiger partial charge is 0.374 e. The molecule has 2 aromatic rings. The number of methoxy groups -OCH3 is 1. The molecule has 0 saturated heterocycles. The van der Waals surface area contributed by atoms with Gasteiger partial charge in [-0.25, -0.2) is 0 Å². The Morgan fingerprint density at radius 2 is 2.05 bits per heavy atom. The highest BCUT2D eigenvalue weighted by atomic mass is 16.5. The molecule has 1 atom stereocenters. The second-order valence-corrected chi connectivity index (χ2v) is 5.55. The van der Waals surface area contributed by atoms with Gasteiger partial charge < -0.3 is 4.74 Å². The number of pyridine rings is 1. The Labute approximate surface area is 124 Å². The van der Waals surface area contributed by atoms with E-state index in [-0.39, 0.29) is 5.60 Å². The van der Waals surface area contributed by atoms with E-state index in [1.165, 1.54) is 5.57 Å². The maximum atomic E-state index is 5.61. The smallest absolute Gasteiger partial charge is 0.0962 e. The van der Waals surface area contributed by atoms with E-state index in [4.69, 9.17) is 4.74 Å². The monoisotopic (exact) mass is 281 g/mol. The van der Waals surface area contributed by atoms with Crippen LogP contribution in [0.2, 0.25) is 0 Å². The molecule has 108 valence electrons. The Kier molecular flexibility index (Phi) is 3.47. The molecule has 1 N–H and O–H groups in total. The molecule has 1 unspecified atom stereocenters. The summed E-state index contributed by atoms with van der Waals surface area (Å²) in [5, 5.41) is 7.61. The zero-order valence-corrected chi connectivity index (χ0v) is 12.6. The summed E-state index contributed by atoms with van der Waals surface area (Å²) in [6.07, 6.45) is 10.7. The minimum absolute atomic E-state index is 0.271. The van der Waals surface area contributed by atoms with Crippen molar-refractivity contribution in [2.45, 2.75) is 25.9 Å². The van der Waals surface area contributed by atoms with Crippen LogP contribution in [0.4, 0.5) is 0 Å². The Morgan fingerprint density at radius 3 is 2.76 bits per heavy atom. The van der Waals surface area contributed by atoms with Crippen molar-refractivity contribution in [3.05, 3.63) is 54.1 Å². The van der Waals surface area contributed by atoms with Gasteiger partial charge in [0.2, 0.25) is 0 Å². The van der Waals surface area contributed by atoms with Crippen molar-refractivity contribution in [2.75, 3.05) is 7.11 Å². The van der Waals surface area contributed by atoms with E-state index in [0.717, 1.165) is 28.9 Å². The minimum atomic E-state index is -0.271. The molecule has 0 spiro atoms. The lowest BCUT2D eigenvalue weighted by molar-refractivity contribution is 0.0526. The number of nitrogens with one attached hydrogen (secondary N) is 1. The lowest BCUT2D eigenvalue weighted by Crippen LogP contribution is -2.26. The van der Waals surface area contributed by atoms with Crippen molar-refractivity contribution in [3.8, 4) is 11.1 Å². The first-order valence-electron chi connectivity index (χ1n) is 7.02. The van der Waals surface area contributed by atoms with Crippen LogP contribution in [0.25, 0.3) is 16.7 Å².